The fourth-order valence-electron chi connectivity index (χ4n) is 3.79. The molecule has 0 aliphatic heterocycles. The van der Waals surface area contributed by atoms with Crippen LogP contribution in [0.25, 0.3) is 21.8 Å². The van der Waals surface area contributed by atoms with Gasteiger partial charge in [-0.3, -0.25) is 0 Å². The molecule has 6 heteroatoms. The lowest BCUT2D eigenvalue weighted by molar-refractivity contribution is 0.596. The van der Waals surface area contributed by atoms with Crippen LogP contribution in [-0.2, 0) is 20.6 Å². The van der Waals surface area contributed by atoms with Crippen LogP contribution in [0.1, 0.15) is 11.1 Å². The van der Waals surface area contributed by atoms with E-state index in [4.69, 9.17) is 0 Å². The fourth-order valence-corrected chi connectivity index (χ4v) is 6.15. The minimum atomic E-state index is -3.64. The number of hydrogen-bond acceptors (Lipinski definition) is 3. The van der Waals surface area contributed by atoms with Crippen LogP contribution in [0, 0.1) is 13.8 Å². The molecule has 0 spiro atoms. The number of H-pyrrole nitrogens is 1. The second-order valence-electron chi connectivity index (χ2n) is 7.94. The van der Waals surface area contributed by atoms with Crippen LogP contribution in [0.4, 0.5) is 0 Å². The van der Waals surface area contributed by atoms with E-state index in [1.165, 1.54) is 0 Å². The molecule has 1 unspecified atom stereocenters. The average Bonchev–Trinajstić information content (AvgIpc) is 3.16. The Morgan fingerprint density at radius 3 is 1.78 bits per heavy atom. The monoisotopic (exact) mass is 459 g/mol. The van der Waals surface area contributed by atoms with Gasteiger partial charge in [-0.2, -0.15) is 0 Å². The molecule has 0 fully saturated rings. The van der Waals surface area contributed by atoms with Gasteiger partial charge in [0.05, 0.1) is 20.6 Å². The maximum Gasteiger partial charge on any atom is 0.206 e. The number of nitrogens with one attached hydrogen (secondary N) is 1. The first kappa shape index (κ1) is 20.7. The number of rotatable bonds is 4. The molecule has 0 bridgehead atoms. The van der Waals surface area contributed by atoms with Crippen molar-refractivity contribution in [3.05, 3.63) is 96.1 Å². The van der Waals surface area contributed by atoms with Crippen molar-refractivity contribution in [2.75, 3.05) is 0 Å². The Balaban J connectivity index is 1.63. The number of sulfone groups is 1. The summed E-state index contributed by atoms with van der Waals surface area (Å²) in [6.45, 7) is 3.92. The molecule has 1 N–H and O–H groups in total. The fraction of sp³-hybridized carbons (Fsp3) is 0.0769. The predicted molar refractivity (Wildman–Crippen MR) is 128 cm³/mol. The van der Waals surface area contributed by atoms with Gasteiger partial charge in [-0.25, -0.2) is 12.6 Å². The van der Waals surface area contributed by atoms with Crippen molar-refractivity contribution in [1.82, 2.24) is 4.98 Å². The highest BCUT2D eigenvalue weighted by molar-refractivity contribution is 7.91. The molecule has 4 aromatic carbocycles. The molecule has 0 saturated carbocycles. The molecular weight excluding hydrogens is 438 g/mol. The van der Waals surface area contributed by atoms with Crippen LogP contribution in [-0.4, -0.2) is 17.6 Å². The highest BCUT2D eigenvalue weighted by Gasteiger charge is 2.19. The van der Waals surface area contributed by atoms with E-state index in [0.717, 1.165) is 37.8 Å². The molecule has 1 aromatic heterocycles. The van der Waals surface area contributed by atoms with Gasteiger partial charge in [-0.05, 0) is 74.5 Å². The quantitative estimate of drug-likeness (QED) is 0.362. The summed E-state index contributed by atoms with van der Waals surface area (Å²) in [7, 11) is -4.97. The molecule has 5 rings (SSSR count). The molecule has 0 aliphatic carbocycles. The van der Waals surface area contributed by atoms with E-state index in [2.05, 4.69) is 4.98 Å². The Labute approximate surface area is 189 Å². The molecule has 0 amide bonds. The molecule has 1 heterocycles. The summed E-state index contributed by atoms with van der Waals surface area (Å²) in [6.07, 6.45) is 0. The van der Waals surface area contributed by atoms with Gasteiger partial charge in [0.25, 0.3) is 0 Å². The van der Waals surface area contributed by atoms with E-state index in [9.17, 15) is 12.6 Å². The SMILES string of the molecule is Cc1ccc(S(=O)c2ccc3[nH]c4ccc(S(=O)(=O)c5ccc(C)cc5)cc4c3c2)cc1. The minimum absolute atomic E-state index is 0.236. The third-order valence-corrected chi connectivity index (χ3v) is 8.78. The zero-order valence-electron chi connectivity index (χ0n) is 17.6. The van der Waals surface area contributed by atoms with Gasteiger partial charge < -0.3 is 4.98 Å². The minimum Gasteiger partial charge on any atom is -0.355 e. The van der Waals surface area contributed by atoms with Gasteiger partial charge in [0.15, 0.2) is 0 Å². The van der Waals surface area contributed by atoms with Crippen LogP contribution in [0.2, 0.25) is 0 Å². The summed E-state index contributed by atoms with van der Waals surface area (Å²) in [5.41, 5.74) is 3.82. The van der Waals surface area contributed by atoms with Crippen molar-refractivity contribution < 1.29 is 12.6 Å². The highest BCUT2D eigenvalue weighted by Crippen LogP contribution is 2.32. The van der Waals surface area contributed by atoms with E-state index in [-0.39, 0.29) is 9.79 Å². The average molecular weight is 460 g/mol. The summed E-state index contributed by atoms with van der Waals surface area (Å²) in [5, 5.41) is 1.63. The first-order chi connectivity index (χ1) is 15.3. The molecule has 160 valence electrons. The topological polar surface area (TPSA) is 67.0 Å². The van der Waals surface area contributed by atoms with Gasteiger partial charge in [-0.1, -0.05) is 35.4 Å². The van der Waals surface area contributed by atoms with Crippen LogP contribution in [0.15, 0.2) is 105 Å². The van der Waals surface area contributed by atoms with Crippen LogP contribution in [0.5, 0.6) is 0 Å². The molecule has 0 aliphatic rings. The summed E-state index contributed by atoms with van der Waals surface area (Å²) < 4.78 is 39.5. The Kier molecular flexibility index (Phi) is 4.99. The van der Waals surface area contributed by atoms with Crippen LogP contribution >= 0.6 is 0 Å². The molecule has 4 nitrogen and oxygen atoms in total. The Hall–Kier alpha value is -3.22. The van der Waals surface area contributed by atoms with Crippen molar-refractivity contribution in [2.45, 2.75) is 33.4 Å². The number of hydrogen-bond donors (Lipinski definition) is 1. The van der Waals surface area contributed by atoms with Crippen molar-refractivity contribution in [1.29, 1.82) is 0 Å². The van der Waals surface area contributed by atoms with Crippen LogP contribution < -0.4 is 0 Å². The molecule has 32 heavy (non-hydrogen) atoms. The highest BCUT2D eigenvalue weighted by atomic mass is 32.2. The third-order valence-electron chi connectivity index (χ3n) is 5.63. The van der Waals surface area contributed by atoms with Crippen molar-refractivity contribution in [2.24, 2.45) is 0 Å². The summed E-state index contributed by atoms with van der Waals surface area (Å²) >= 11 is 0. The summed E-state index contributed by atoms with van der Waals surface area (Å²) in [4.78, 5) is 5.24. The van der Waals surface area contributed by atoms with E-state index in [1.54, 1.807) is 42.5 Å². The van der Waals surface area contributed by atoms with Crippen molar-refractivity contribution in [3.63, 3.8) is 0 Å². The smallest absolute Gasteiger partial charge is 0.206 e. The lowest BCUT2D eigenvalue weighted by atomic mass is 10.1. The lowest BCUT2D eigenvalue weighted by Crippen LogP contribution is -2.01. The predicted octanol–water partition coefficient (Wildman–Crippen LogP) is 5.94. The van der Waals surface area contributed by atoms with Crippen molar-refractivity contribution in [3.8, 4) is 0 Å². The molecule has 0 radical (unpaired) electrons. The summed E-state index contributed by atoms with van der Waals surface area (Å²) in [5.74, 6) is 0. The Morgan fingerprint density at radius 2 is 1.12 bits per heavy atom. The number of fused-ring (bicyclic) bond motifs is 3. The zero-order valence-corrected chi connectivity index (χ0v) is 19.3. The first-order valence-corrected chi connectivity index (χ1v) is 12.8. The largest absolute Gasteiger partial charge is 0.355 e. The van der Waals surface area contributed by atoms with Gasteiger partial charge in [0, 0.05) is 31.6 Å². The first-order valence-electron chi connectivity index (χ1n) is 10.2. The van der Waals surface area contributed by atoms with E-state index in [1.807, 2.05) is 56.3 Å². The Morgan fingerprint density at radius 1 is 0.625 bits per heavy atom. The Bertz CT molecular complexity index is 1600. The molecule has 5 aromatic rings. The number of aromatic nitrogens is 1. The van der Waals surface area contributed by atoms with Gasteiger partial charge in [0.1, 0.15) is 0 Å². The van der Waals surface area contributed by atoms with Gasteiger partial charge in [0.2, 0.25) is 9.84 Å². The molecule has 0 saturated heterocycles. The third kappa shape index (κ3) is 3.55. The maximum atomic E-state index is 13.2. The maximum absolute atomic E-state index is 13.2. The molecule has 1 atom stereocenters. The second kappa shape index (κ2) is 7.73. The standard InChI is InChI=1S/C26H21NO3S2/c1-17-3-7-19(8-4-17)31(28)20-9-13-25-23(15-20)24-16-22(12-14-26(24)27-25)32(29,30)21-10-5-18(2)6-11-21/h3-16,27H,1-2H3. The normalized spacial score (nSPS) is 12.9. The van der Waals surface area contributed by atoms with Crippen molar-refractivity contribution >= 4 is 42.4 Å². The number of benzene rings is 4. The van der Waals surface area contributed by atoms with E-state index in [0.29, 0.717) is 4.90 Å². The molecular formula is C26H21NO3S2. The van der Waals surface area contributed by atoms with Gasteiger partial charge >= 0.3 is 0 Å². The second-order valence-corrected chi connectivity index (χ2v) is 11.4. The summed E-state index contributed by atoms with van der Waals surface area (Å²) in [6, 6.07) is 25.2. The zero-order chi connectivity index (χ0) is 22.5. The number of aryl methyl sites for hydroxylation is 2. The van der Waals surface area contributed by atoms with Crippen LogP contribution in [0.3, 0.4) is 0 Å². The van der Waals surface area contributed by atoms with E-state index >= 15 is 0 Å². The lowest BCUT2D eigenvalue weighted by Gasteiger charge is -2.06. The van der Waals surface area contributed by atoms with E-state index < -0.39 is 20.6 Å². The number of aromatic amines is 1. The van der Waals surface area contributed by atoms with Gasteiger partial charge in [-0.15, -0.1) is 0 Å².